The second kappa shape index (κ2) is 4.16. The molecule has 0 aliphatic carbocycles. The second-order valence-corrected chi connectivity index (χ2v) is 2.89. The number of aryl methyl sites for hydroxylation is 1. The largest absolute Gasteiger partial charge is 0.384 e. The smallest absolute Gasteiger partial charge is 0.124 e. The molecular formula is C9H12N2S. The van der Waals surface area contributed by atoms with Crippen molar-refractivity contribution in [3.63, 3.8) is 0 Å². The second-order valence-electron chi connectivity index (χ2n) is 2.52. The average Bonchev–Trinajstić information content (AvgIpc) is 2.07. The fourth-order valence-electron chi connectivity index (χ4n) is 0.893. The highest BCUT2D eigenvalue weighted by Crippen LogP contribution is 2.09. The summed E-state index contributed by atoms with van der Waals surface area (Å²) in [5.74, 6) is 1.27. The summed E-state index contributed by atoms with van der Waals surface area (Å²) in [5.41, 5.74) is 7.58. The van der Waals surface area contributed by atoms with Crippen molar-refractivity contribution in [3.8, 4) is 0 Å². The highest BCUT2D eigenvalue weighted by Gasteiger charge is 1.94. The van der Waals surface area contributed by atoms with Crippen LogP contribution in [-0.4, -0.2) is 10.7 Å². The van der Waals surface area contributed by atoms with Gasteiger partial charge in [0, 0.05) is 5.75 Å². The Morgan fingerprint density at radius 3 is 3.00 bits per heavy atom. The summed E-state index contributed by atoms with van der Waals surface area (Å²) in [6.07, 6.45) is 3.87. The summed E-state index contributed by atoms with van der Waals surface area (Å²) in [5, 5.41) is 0. The van der Waals surface area contributed by atoms with Gasteiger partial charge in [-0.05, 0) is 24.6 Å². The van der Waals surface area contributed by atoms with Crippen molar-refractivity contribution in [1.82, 2.24) is 4.98 Å². The van der Waals surface area contributed by atoms with E-state index in [-0.39, 0.29) is 0 Å². The van der Waals surface area contributed by atoms with Crippen LogP contribution in [-0.2, 0) is 0 Å². The molecule has 0 atom stereocenters. The van der Waals surface area contributed by atoms with Gasteiger partial charge in [-0.25, -0.2) is 4.98 Å². The van der Waals surface area contributed by atoms with Gasteiger partial charge in [0.05, 0.1) is 5.69 Å². The molecule has 0 radical (unpaired) electrons. The SMILES string of the molecule is Cc1ccc(N)nc1C=CCS. The van der Waals surface area contributed by atoms with Gasteiger partial charge in [0.15, 0.2) is 0 Å². The van der Waals surface area contributed by atoms with Crippen LogP contribution in [0, 0.1) is 6.92 Å². The fraction of sp³-hybridized carbons (Fsp3) is 0.222. The third kappa shape index (κ3) is 2.27. The maximum atomic E-state index is 5.54. The molecule has 2 nitrogen and oxygen atoms in total. The quantitative estimate of drug-likeness (QED) is 0.682. The Kier molecular flexibility index (Phi) is 3.17. The van der Waals surface area contributed by atoms with Crippen LogP contribution >= 0.6 is 12.6 Å². The van der Waals surface area contributed by atoms with Crippen molar-refractivity contribution in [2.24, 2.45) is 0 Å². The molecule has 0 aliphatic heterocycles. The van der Waals surface area contributed by atoms with E-state index in [0.717, 1.165) is 17.0 Å². The lowest BCUT2D eigenvalue weighted by Gasteiger charge is -1.99. The number of nitrogens with zero attached hydrogens (tertiary/aromatic N) is 1. The van der Waals surface area contributed by atoms with Crippen molar-refractivity contribution >= 4 is 24.5 Å². The number of pyridine rings is 1. The highest BCUT2D eigenvalue weighted by molar-refractivity contribution is 7.80. The topological polar surface area (TPSA) is 38.9 Å². The highest BCUT2D eigenvalue weighted by atomic mass is 32.1. The Morgan fingerprint density at radius 2 is 2.33 bits per heavy atom. The number of hydrogen-bond donors (Lipinski definition) is 2. The minimum atomic E-state index is 0.555. The van der Waals surface area contributed by atoms with Crippen molar-refractivity contribution in [2.45, 2.75) is 6.92 Å². The number of hydrogen-bond acceptors (Lipinski definition) is 3. The van der Waals surface area contributed by atoms with Crippen LogP contribution in [0.3, 0.4) is 0 Å². The first kappa shape index (κ1) is 9.13. The summed E-state index contributed by atoms with van der Waals surface area (Å²) < 4.78 is 0. The van der Waals surface area contributed by atoms with Crippen LogP contribution in [0.15, 0.2) is 18.2 Å². The first-order valence-electron chi connectivity index (χ1n) is 3.74. The van der Waals surface area contributed by atoms with Crippen molar-refractivity contribution in [2.75, 3.05) is 11.5 Å². The van der Waals surface area contributed by atoms with Gasteiger partial charge in [-0.1, -0.05) is 12.1 Å². The van der Waals surface area contributed by atoms with Crippen molar-refractivity contribution < 1.29 is 0 Å². The minimum Gasteiger partial charge on any atom is -0.384 e. The zero-order valence-electron chi connectivity index (χ0n) is 6.99. The molecule has 0 saturated carbocycles. The van der Waals surface area contributed by atoms with E-state index in [4.69, 9.17) is 5.73 Å². The van der Waals surface area contributed by atoms with E-state index in [1.807, 2.05) is 25.1 Å². The van der Waals surface area contributed by atoms with Crippen LogP contribution in [0.4, 0.5) is 5.82 Å². The Balaban J connectivity index is 2.97. The molecule has 1 heterocycles. The predicted molar refractivity (Wildman–Crippen MR) is 56.3 cm³/mol. The van der Waals surface area contributed by atoms with E-state index in [0.29, 0.717) is 5.82 Å². The minimum absolute atomic E-state index is 0.555. The molecule has 0 aliphatic rings. The van der Waals surface area contributed by atoms with Gasteiger partial charge >= 0.3 is 0 Å². The van der Waals surface area contributed by atoms with Gasteiger partial charge < -0.3 is 5.73 Å². The number of nitrogens with two attached hydrogens (primary N) is 1. The predicted octanol–water partition coefficient (Wildman–Crippen LogP) is 1.92. The summed E-state index contributed by atoms with van der Waals surface area (Å²) in [4.78, 5) is 4.17. The Morgan fingerprint density at radius 1 is 1.58 bits per heavy atom. The zero-order valence-corrected chi connectivity index (χ0v) is 7.88. The maximum Gasteiger partial charge on any atom is 0.124 e. The Bertz CT molecular complexity index is 295. The molecule has 0 bridgehead atoms. The first-order valence-corrected chi connectivity index (χ1v) is 4.38. The monoisotopic (exact) mass is 180 g/mol. The van der Waals surface area contributed by atoms with Gasteiger partial charge in [0.25, 0.3) is 0 Å². The molecule has 3 heteroatoms. The molecule has 0 unspecified atom stereocenters. The molecule has 1 rings (SSSR count). The third-order valence-corrected chi connectivity index (χ3v) is 1.75. The van der Waals surface area contributed by atoms with Gasteiger partial charge in [-0.15, -0.1) is 0 Å². The number of thiol groups is 1. The summed E-state index contributed by atoms with van der Waals surface area (Å²) in [6.45, 7) is 2.00. The molecule has 12 heavy (non-hydrogen) atoms. The number of rotatable bonds is 2. The molecule has 1 aromatic rings. The average molecular weight is 180 g/mol. The van der Waals surface area contributed by atoms with E-state index < -0.39 is 0 Å². The summed E-state index contributed by atoms with van der Waals surface area (Å²) >= 11 is 4.07. The number of nitrogen functional groups attached to an aromatic ring is 1. The molecule has 0 saturated heterocycles. The Labute approximate surface area is 77.9 Å². The maximum absolute atomic E-state index is 5.54. The summed E-state index contributed by atoms with van der Waals surface area (Å²) in [6, 6.07) is 3.76. The molecule has 64 valence electrons. The van der Waals surface area contributed by atoms with Gasteiger partial charge in [-0.3, -0.25) is 0 Å². The van der Waals surface area contributed by atoms with E-state index in [1.165, 1.54) is 0 Å². The molecular weight excluding hydrogens is 168 g/mol. The number of anilines is 1. The van der Waals surface area contributed by atoms with Crippen LogP contribution < -0.4 is 5.73 Å². The lowest BCUT2D eigenvalue weighted by Crippen LogP contribution is -1.93. The van der Waals surface area contributed by atoms with E-state index in [9.17, 15) is 0 Å². The first-order chi connectivity index (χ1) is 5.74. The van der Waals surface area contributed by atoms with Crippen molar-refractivity contribution in [1.29, 1.82) is 0 Å². The number of aromatic nitrogens is 1. The lowest BCUT2D eigenvalue weighted by molar-refractivity contribution is 1.24. The third-order valence-electron chi connectivity index (χ3n) is 1.54. The van der Waals surface area contributed by atoms with Crippen LogP contribution in [0.1, 0.15) is 11.3 Å². The molecule has 0 spiro atoms. The van der Waals surface area contributed by atoms with E-state index in [2.05, 4.69) is 17.6 Å². The molecule has 2 N–H and O–H groups in total. The molecule has 0 amide bonds. The van der Waals surface area contributed by atoms with E-state index in [1.54, 1.807) is 6.07 Å². The van der Waals surface area contributed by atoms with Gasteiger partial charge in [0.1, 0.15) is 5.82 Å². The summed E-state index contributed by atoms with van der Waals surface area (Å²) in [7, 11) is 0. The van der Waals surface area contributed by atoms with Crippen molar-refractivity contribution in [3.05, 3.63) is 29.5 Å². The van der Waals surface area contributed by atoms with Gasteiger partial charge in [-0.2, -0.15) is 12.6 Å². The zero-order chi connectivity index (χ0) is 8.97. The van der Waals surface area contributed by atoms with Gasteiger partial charge in [0.2, 0.25) is 0 Å². The Hall–Kier alpha value is -0.960. The molecule has 0 fully saturated rings. The van der Waals surface area contributed by atoms with Crippen LogP contribution in [0.25, 0.3) is 6.08 Å². The standard InChI is InChI=1S/C9H12N2S/c1-7-4-5-9(10)11-8(7)3-2-6-12/h2-5,12H,6H2,1H3,(H2,10,11). The normalized spacial score (nSPS) is 10.8. The lowest BCUT2D eigenvalue weighted by atomic mass is 10.2. The van der Waals surface area contributed by atoms with Crippen LogP contribution in [0.2, 0.25) is 0 Å². The van der Waals surface area contributed by atoms with Crippen LogP contribution in [0.5, 0.6) is 0 Å². The molecule has 0 aromatic carbocycles. The van der Waals surface area contributed by atoms with E-state index >= 15 is 0 Å². The molecule has 1 aromatic heterocycles. The fourth-order valence-corrected chi connectivity index (χ4v) is 0.999.